The first-order chi connectivity index (χ1) is 16.6. The maximum atomic E-state index is 14.3. The Hall–Kier alpha value is -3.39. The van der Waals surface area contributed by atoms with Gasteiger partial charge in [0.1, 0.15) is 0 Å². The van der Waals surface area contributed by atoms with E-state index >= 15 is 0 Å². The summed E-state index contributed by atoms with van der Waals surface area (Å²) < 4.78 is 2.16. The molecule has 0 atom stereocenters. The average molecular weight is 455 g/mol. The molecule has 1 saturated carbocycles. The maximum Gasteiger partial charge on any atom is 0.233 e. The van der Waals surface area contributed by atoms with Gasteiger partial charge in [0, 0.05) is 37.1 Å². The molecule has 0 radical (unpaired) electrons. The van der Waals surface area contributed by atoms with Crippen LogP contribution in [-0.2, 0) is 17.8 Å². The lowest BCUT2D eigenvalue weighted by Gasteiger charge is -2.40. The lowest BCUT2D eigenvalue weighted by Crippen LogP contribution is -2.47. The maximum absolute atomic E-state index is 14.3. The minimum atomic E-state index is -0.399. The molecule has 0 N–H and O–H groups in total. The first kappa shape index (κ1) is 23.8. The Bertz CT molecular complexity index is 1110. The number of hydrogen-bond donors (Lipinski definition) is 0. The third-order valence-electron chi connectivity index (χ3n) is 7.07. The minimum absolute atomic E-state index is 0.262. The second-order valence-corrected chi connectivity index (χ2v) is 9.49. The van der Waals surface area contributed by atoms with Gasteiger partial charge in [0.05, 0.1) is 23.4 Å². The first-order valence-corrected chi connectivity index (χ1v) is 12.5. The molecule has 176 valence electrons. The number of anilines is 1. The zero-order valence-electron chi connectivity index (χ0n) is 20.1. The standard InChI is InChI=1S/C29H34N4O/c1-2-3-18-33(26-10-6-4-7-11-26)28(34)29(16-8-5-9-17-29)19-27-21-31-23-32(27)22-25-14-12-24(20-30)13-15-25/h4,6-7,10-15,21,23H,2-3,5,8-9,16-19,22H2,1H3. The van der Waals surface area contributed by atoms with Crippen molar-refractivity contribution >= 4 is 11.6 Å². The SMILES string of the molecule is CCCCN(C(=O)C1(Cc2cncn2Cc2ccc(C#N)cc2)CCCCC1)c1ccccc1. The number of imidazole rings is 1. The van der Waals surface area contributed by atoms with Crippen LogP contribution in [0.15, 0.2) is 67.1 Å². The molecule has 1 aliphatic carbocycles. The molecule has 1 amide bonds. The minimum Gasteiger partial charge on any atom is -0.330 e. The van der Waals surface area contributed by atoms with E-state index in [-0.39, 0.29) is 5.91 Å². The molecule has 3 aromatic rings. The van der Waals surface area contributed by atoms with E-state index in [4.69, 9.17) is 5.26 Å². The van der Waals surface area contributed by atoms with Gasteiger partial charge in [0.25, 0.3) is 0 Å². The molecule has 5 nitrogen and oxygen atoms in total. The summed E-state index contributed by atoms with van der Waals surface area (Å²) in [4.78, 5) is 20.7. The van der Waals surface area contributed by atoms with Crippen molar-refractivity contribution in [2.24, 2.45) is 5.41 Å². The zero-order chi connectivity index (χ0) is 23.8. The van der Waals surface area contributed by atoms with E-state index in [1.54, 1.807) is 0 Å². The number of para-hydroxylation sites is 1. The van der Waals surface area contributed by atoms with E-state index in [9.17, 15) is 4.79 Å². The van der Waals surface area contributed by atoms with Crippen LogP contribution >= 0.6 is 0 Å². The molecule has 34 heavy (non-hydrogen) atoms. The number of nitrogens with zero attached hydrogens (tertiary/aromatic N) is 4. The van der Waals surface area contributed by atoms with E-state index in [0.29, 0.717) is 18.5 Å². The highest BCUT2D eigenvalue weighted by atomic mass is 16.2. The number of hydrogen-bond acceptors (Lipinski definition) is 3. The van der Waals surface area contributed by atoms with Crippen LogP contribution in [0.2, 0.25) is 0 Å². The van der Waals surface area contributed by atoms with Gasteiger partial charge in [0.2, 0.25) is 5.91 Å². The van der Waals surface area contributed by atoms with Crippen molar-refractivity contribution in [1.82, 2.24) is 9.55 Å². The van der Waals surface area contributed by atoms with E-state index in [1.807, 2.05) is 59.9 Å². The van der Waals surface area contributed by atoms with Crippen LogP contribution in [0, 0.1) is 16.7 Å². The van der Waals surface area contributed by atoms with Gasteiger partial charge in [-0.15, -0.1) is 0 Å². The van der Waals surface area contributed by atoms with Crippen molar-refractivity contribution in [2.75, 3.05) is 11.4 Å². The molecule has 1 aromatic heterocycles. The summed E-state index contributed by atoms with van der Waals surface area (Å²) in [6.07, 6.45) is 11.8. The summed E-state index contributed by atoms with van der Waals surface area (Å²) in [7, 11) is 0. The fourth-order valence-electron chi connectivity index (χ4n) is 5.12. The van der Waals surface area contributed by atoms with Crippen molar-refractivity contribution in [3.8, 4) is 6.07 Å². The largest absolute Gasteiger partial charge is 0.330 e. The Morgan fingerprint density at radius 3 is 2.50 bits per heavy atom. The molecule has 1 aliphatic rings. The monoisotopic (exact) mass is 454 g/mol. The summed E-state index contributed by atoms with van der Waals surface area (Å²) in [6, 6.07) is 20.0. The molecule has 0 aliphatic heterocycles. The predicted octanol–water partition coefficient (Wildman–Crippen LogP) is 6.13. The van der Waals surface area contributed by atoms with Crippen LogP contribution in [0.5, 0.6) is 0 Å². The number of carbonyl (C=O) groups excluding carboxylic acids is 1. The van der Waals surface area contributed by atoms with Crippen LogP contribution in [-0.4, -0.2) is 22.0 Å². The topological polar surface area (TPSA) is 61.9 Å². The fourth-order valence-corrected chi connectivity index (χ4v) is 5.12. The van der Waals surface area contributed by atoms with Crippen molar-refractivity contribution in [2.45, 2.75) is 64.8 Å². The van der Waals surface area contributed by atoms with Gasteiger partial charge in [-0.05, 0) is 49.1 Å². The Morgan fingerprint density at radius 2 is 1.82 bits per heavy atom. The van der Waals surface area contributed by atoms with Crippen molar-refractivity contribution in [3.63, 3.8) is 0 Å². The first-order valence-electron chi connectivity index (χ1n) is 12.5. The van der Waals surface area contributed by atoms with E-state index in [0.717, 1.165) is 62.0 Å². The van der Waals surface area contributed by atoms with Gasteiger partial charge >= 0.3 is 0 Å². The quantitative estimate of drug-likeness (QED) is 0.391. The second-order valence-electron chi connectivity index (χ2n) is 9.49. The number of nitriles is 1. The summed E-state index contributed by atoms with van der Waals surface area (Å²) in [5.74, 6) is 0.262. The Labute approximate surface area is 203 Å². The Morgan fingerprint density at radius 1 is 1.09 bits per heavy atom. The van der Waals surface area contributed by atoms with Gasteiger partial charge in [-0.25, -0.2) is 4.98 Å². The summed E-state index contributed by atoms with van der Waals surface area (Å²) in [6.45, 7) is 3.61. The third kappa shape index (κ3) is 5.39. The highest BCUT2D eigenvalue weighted by Crippen LogP contribution is 2.42. The third-order valence-corrected chi connectivity index (χ3v) is 7.07. The van der Waals surface area contributed by atoms with Crippen LogP contribution in [0.1, 0.15) is 68.7 Å². The van der Waals surface area contributed by atoms with Gasteiger partial charge in [-0.3, -0.25) is 4.79 Å². The average Bonchev–Trinajstić information content (AvgIpc) is 3.31. The van der Waals surface area contributed by atoms with Gasteiger partial charge in [0.15, 0.2) is 0 Å². The molecule has 2 aromatic carbocycles. The molecule has 1 fully saturated rings. The Balaban J connectivity index is 1.61. The van der Waals surface area contributed by atoms with Gasteiger partial charge in [-0.2, -0.15) is 5.26 Å². The molecule has 0 spiro atoms. The number of carbonyl (C=O) groups is 1. The van der Waals surface area contributed by atoms with Crippen molar-refractivity contribution in [1.29, 1.82) is 5.26 Å². The number of unbranched alkanes of at least 4 members (excludes halogenated alkanes) is 1. The fraction of sp³-hybridized carbons (Fsp3) is 0.414. The highest BCUT2D eigenvalue weighted by molar-refractivity contribution is 5.97. The molecule has 0 unspecified atom stereocenters. The molecular formula is C29H34N4O. The lowest BCUT2D eigenvalue weighted by atomic mass is 9.70. The van der Waals surface area contributed by atoms with Crippen LogP contribution < -0.4 is 4.90 Å². The number of rotatable bonds is 9. The predicted molar refractivity (Wildman–Crippen MR) is 135 cm³/mol. The highest BCUT2D eigenvalue weighted by Gasteiger charge is 2.43. The van der Waals surface area contributed by atoms with Gasteiger partial charge in [-0.1, -0.05) is 62.9 Å². The van der Waals surface area contributed by atoms with E-state index < -0.39 is 5.41 Å². The van der Waals surface area contributed by atoms with E-state index in [2.05, 4.69) is 34.7 Å². The number of aromatic nitrogens is 2. The van der Waals surface area contributed by atoms with Crippen LogP contribution in [0.4, 0.5) is 5.69 Å². The summed E-state index contributed by atoms with van der Waals surface area (Å²) in [5, 5.41) is 9.07. The zero-order valence-corrected chi connectivity index (χ0v) is 20.1. The van der Waals surface area contributed by atoms with Crippen LogP contribution in [0.3, 0.4) is 0 Å². The van der Waals surface area contributed by atoms with Crippen molar-refractivity contribution in [3.05, 3.63) is 83.9 Å². The smallest absolute Gasteiger partial charge is 0.233 e. The summed E-state index contributed by atoms with van der Waals surface area (Å²) >= 11 is 0. The molecule has 4 rings (SSSR count). The van der Waals surface area contributed by atoms with Crippen molar-refractivity contribution < 1.29 is 4.79 Å². The molecule has 5 heteroatoms. The Kier molecular flexibility index (Phi) is 7.80. The molecule has 0 saturated heterocycles. The lowest BCUT2D eigenvalue weighted by molar-refractivity contribution is -0.130. The normalized spacial score (nSPS) is 14.9. The summed E-state index contributed by atoms with van der Waals surface area (Å²) in [5.41, 5.74) is 3.48. The number of benzene rings is 2. The molecular weight excluding hydrogens is 420 g/mol. The molecule has 1 heterocycles. The van der Waals surface area contributed by atoms with Crippen LogP contribution in [0.25, 0.3) is 0 Å². The van der Waals surface area contributed by atoms with E-state index in [1.165, 1.54) is 6.42 Å². The van der Waals surface area contributed by atoms with Gasteiger partial charge < -0.3 is 9.47 Å². The number of amides is 1. The molecule has 0 bridgehead atoms. The second kappa shape index (κ2) is 11.2.